The Balaban J connectivity index is 2.19. The fourth-order valence-corrected chi connectivity index (χ4v) is 1.48. The third-order valence-electron chi connectivity index (χ3n) is 2.45. The molecule has 0 aliphatic heterocycles. The molecular formula is C12H19N3O. The lowest BCUT2D eigenvalue weighted by molar-refractivity contribution is 0.316. The van der Waals surface area contributed by atoms with Crippen molar-refractivity contribution in [3.8, 4) is 0 Å². The van der Waals surface area contributed by atoms with Crippen LogP contribution < -0.4 is 11.1 Å². The number of para-hydroxylation sites is 1. The maximum Gasteiger partial charge on any atom is 0.139 e. The zero-order valence-electron chi connectivity index (χ0n) is 9.61. The van der Waals surface area contributed by atoms with Crippen LogP contribution in [0.5, 0.6) is 0 Å². The van der Waals surface area contributed by atoms with Crippen LogP contribution in [0.1, 0.15) is 24.8 Å². The average Bonchev–Trinajstić information content (AvgIpc) is 2.30. The quantitative estimate of drug-likeness (QED) is 0.227. The van der Waals surface area contributed by atoms with Gasteiger partial charge in [-0.15, -0.1) is 0 Å². The topological polar surface area (TPSA) is 70.6 Å². The van der Waals surface area contributed by atoms with E-state index in [-0.39, 0.29) is 0 Å². The van der Waals surface area contributed by atoms with Crippen molar-refractivity contribution in [1.29, 1.82) is 0 Å². The number of benzene rings is 1. The Kier molecular flexibility index (Phi) is 5.19. The molecule has 0 bridgehead atoms. The monoisotopic (exact) mass is 221 g/mol. The van der Waals surface area contributed by atoms with Gasteiger partial charge < -0.3 is 16.3 Å². The number of hydrogen-bond acceptors (Lipinski definition) is 3. The van der Waals surface area contributed by atoms with E-state index in [1.54, 1.807) is 0 Å². The Labute approximate surface area is 96.2 Å². The van der Waals surface area contributed by atoms with Crippen molar-refractivity contribution in [2.45, 2.75) is 26.2 Å². The maximum absolute atomic E-state index is 8.35. The summed E-state index contributed by atoms with van der Waals surface area (Å²) in [6.07, 6.45) is 2.57. The molecule has 0 heterocycles. The second-order valence-electron chi connectivity index (χ2n) is 3.79. The number of nitrogens with one attached hydrogen (secondary N) is 1. The zero-order chi connectivity index (χ0) is 11.8. The Morgan fingerprint density at radius 1 is 1.38 bits per heavy atom. The molecule has 0 saturated carbocycles. The fraction of sp³-hybridized carbons (Fsp3) is 0.417. The van der Waals surface area contributed by atoms with Gasteiger partial charge in [0.15, 0.2) is 0 Å². The van der Waals surface area contributed by atoms with Gasteiger partial charge in [0, 0.05) is 18.7 Å². The van der Waals surface area contributed by atoms with Crippen LogP contribution in [-0.2, 0) is 0 Å². The van der Waals surface area contributed by atoms with Gasteiger partial charge in [-0.25, -0.2) is 0 Å². The van der Waals surface area contributed by atoms with E-state index in [9.17, 15) is 0 Å². The number of unbranched alkanes of at least 4 members (excludes halogenated alkanes) is 1. The van der Waals surface area contributed by atoms with Gasteiger partial charge in [-0.2, -0.15) is 0 Å². The second-order valence-corrected chi connectivity index (χ2v) is 3.79. The third-order valence-corrected chi connectivity index (χ3v) is 2.45. The van der Waals surface area contributed by atoms with Crippen molar-refractivity contribution in [2.24, 2.45) is 10.9 Å². The van der Waals surface area contributed by atoms with E-state index in [1.807, 2.05) is 12.1 Å². The second kappa shape index (κ2) is 6.71. The normalized spacial score (nSPS) is 11.4. The Morgan fingerprint density at radius 2 is 2.12 bits per heavy atom. The van der Waals surface area contributed by atoms with Crippen molar-refractivity contribution in [3.63, 3.8) is 0 Å². The predicted octanol–water partition coefficient (Wildman–Crippen LogP) is 2.32. The molecule has 4 N–H and O–H groups in total. The minimum absolute atomic E-state index is 0.302. The predicted molar refractivity (Wildman–Crippen MR) is 66.9 cm³/mol. The van der Waals surface area contributed by atoms with Gasteiger partial charge >= 0.3 is 0 Å². The van der Waals surface area contributed by atoms with E-state index in [4.69, 9.17) is 10.9 Å². The first-order chi connectivity index (χ1) is 7.74. The molecule has 0 radical (unpaired) electrons. The lowest BCUT2D eigenvalue weighted by Crippen LogP contribution is -2.12. The zero-order valence-corrected chi connectivity index (χ0v) is 9.61. The van der Waals surface area contributed by atoms with E-state index in [0.717, 1.165) is 19.4 Å². The molecule has 1 aromatic rings. The van der Waals surface area contributed by atoms with Gasteiger partial charge in [-0.05, 0) is 31.4 Å². The Bertz CT molecular complexity index is 350. The average molecular weight is 221 g/mol. The fourth-order valence-electron chi connectivity index (χ4n) is 1.48. The molecule has 0 aliphatic carbocycles. The molecule has 4 nitrogen and oxygen atoms in total. The van der Waals surface area contributed by atoms with Crippen LogP contribution in [-0.4, -0.2) is 17.6 Å². The van der Waals surface area contributed by atoms with E-state index in [2.05, 4.69) is 29.5 Å². The first kappa shape index (κ1) is 12.4. The number of hydrogen-bond donors (Lipinski definition) is 3. The SMILES string of the molecule is Cc1ccccc1NCCCCC(N)=NO. The van der Waals surface area contributed by atoms with Crippen LogP contribution in [0.15, 0.2) is 29.4 Å². The molecule has 88 valence electrons. The Hall–Kier alpha value is -1.71. The summed E-state index contributed by atoms with van der Waals surface area (Å²) < 4.78 is 0. The summed E-state index contributed by atoms with van der Waals surface area (Å²) in [6.45, 7) is 2.99. The van der Waals surface area contributed by atoms with Gasteiger partial charge in [0.1, 0.15) is 5.84 Å². The van der Waals surface area contributed by atoms with Crippen molar-refractivity contribution in [2.75, 3.05) is 11.9 Å². The third kappa shape index (κ3) is 4.21. The number of aryl methyl sites for hydroxylation is 1. The first-order valence-corrected chi connectivity index (χ1v) is 5.50. The molecule has 0 saturated heterocycles. The van der Waals surface area contributed by atoms with Crippen LogP contribution >= 0.6 is 0 Å². The molecule has 1 aromatic carbocycles. The summed E-state index contributed by atoms with van der Waals surface area (Å²) in [5, 5.41) is 14.6. The van der Waals surface area contributed by atoms with Crippen LogP contribution in [0.3, 0.4) is 0 Å². The molecule has 1 rings (SSSR count). The number of nitrogens with zero attached hydrogens (tertiary/aromatic N) is 1. The number of oxime groups is 1. The van der Waals surface area contributed by atoms with E-state index < -0.39 is 0 Å². The van der Waals surface area contributed by atoms with Gasteiger partial charge in [0.2, 0.25) is 0 Å². The minimum atomic E-state index is 0.302. The molecule has 0 amide bonds. The highest BCUT2D eigenvalue weighted by Gasteiger charge is 1.96. The molecule has 0 spiro atoms. The Morgan fingerprint density at radius 3 is 2.81 bits per heavy atom. The summed E-state index contributed by atoms with van der Waals surface area (Å²) in [7, 11) is 0. The van der Waals surface area contributed by atoms with Crippen molar-refractivity contribution in [1.82, 2.24) is 0 Å². The van der Waals surface area contributed by atoms with Crippen LogP contribution in [0.25, 0.3) is 0 Å². The summed E-state index contributed by atoms with van der Waals surface area (Å²) in [4.78, 5) is 0. The van der Waals surface area contributed by atoms with Gasteiger partial charge in [0.25, 0.3) is 0 Å². The van der Waals surface area contributed by atoms with Crippen LogP contribution in [0.2, 0.25) is 0 Å². The summed E-state index contributed by atoms with van der Waals surface area (Å²) in [5.74, 6) is 0.302. The largest absolute Gasteiger partial charge is 0.409 e. The summed E-state index contributed by atoms with van der Waals surface area (Å²) in [6, 6.07) is 8.20. The van der Waals surface area contributed by atoms with Crippen molar-refractivity contribution in [3.05, 3.63) is 29.8 Å². The van der Waals surface area contributed by atoms with E-state index in [0.29, 0.717) is 12.3 Å². The highest BCUT2D eigenvalue weighted by molar-refractivity contribution is 5.79. The summed E-state index contributed by atoms with van der Waals surface area (Å²) >= 11 is 0. The maximum atomic E-state index is 8.35. The van der Waals surface area contributed by atoms with E-state index in [1.165, 1.54) is 11.3 Å². The molecule has 0 unspecified atom stereocenters. The smallest absolute Gasteiger partial charge is 0.139 e. The number of anilines is 1. The lowest BCUT2D eigenvalue weighted by atomic mass is 10.2. The first-order valence-electron chi connectivity index (χ1n) is 5.50. The summed E-state index contributed by atoms with van der Waals surface area (Å²) in [5.41, 5.74) is 7.79. The molecule has 4 heteroatoms. The number of nitrogens with two attached hydrogens (primary N) is 1. The number of amidine groups is 1. The lowest BCUT2D eigenvalue weighted by Gasteiger charge is -2.08. The van der Waals surface area contributed by atoms with Crippen LogP contribution in [0.4, 0.5) is 5.69 Å². The number of rotatable bonds is 6. The highest BCUT2D eigenvalue weighted by Crippen LogP contribution is 2.13. The molecule has 0 aliphatic rings. The molecular weight excluding hydrogens is 202 g/mol. The molecule has 0 aromatic heterocycles. The standard InChI is InChI=1S/C12H19N3O/c1-10-6-2-3-7-11(10)14-9-5-4-8-12(13)15-16/h2-3,6-7,14,16H,4-5,8-9H2,1H3,(H2,13,15). The van der Waals surface area contributed by atoms with Crippen molar-refractivity contribution >= 4 is 11.5 Å². The van der Waals surface area contributed by atoms with Crippen LogP contribution in [0, 0.1) is 6.92 Å². The van der Waals surface area contributed by atoms with Gasteiger partial charge in [0.05, 0.1) is 0 Å². The minimum Gasteiger partial charge on any atom is -0.409 e. The molecule has 0 fully saturated rings. The van der Waals surface area contributed by atoms with E-state index >= 15 is 0 Å². The molecule has 0 atom stereocenters. The highest BCUT2D eigenvalue weighted by atomic mass is 16.4. The molecule has 16 heavy (non-hydrogen) atoms. The van der Waals surface area contributed by atoms with Crippen molar-refractivity contribution < 1.29 is 5.21 Å². The van der Waals surface area contributed by atoms with Gasteiger partial charge in [-0.3, -0.25) is 0 Å². The van der Waals surface area contributed by atoms with Gasteiger partial charge in [-0.1, -0.05) is 23.4 Å².